The van der Waals surface area contributed by atoms with E-state index in [-0.39, 0.29) is 31.8 Å². The number of nitrogens with zero attached hydrogens (tertiary/aromatic N) is 1. The fraction of sp³-hybridized carbons (Fsp3) is 0.240. The van der Waals surface area contributed by atoms with Crippen LogP contribution in [0, 0.1) is 5.92 Å². The predicted octanol–water partition coefficient (Wildman–Crippen LogP) is 5.41. The number of halogens is 3. The number of para-hydroxylation sites is 1. The highest BCUT2D eigenvalue weighted by Gasteiger charge is 2.40. The maximum Gasteiger partial charge on any atom is 0.417 e. The second-order valence-corrected chi connectivity index (χ2v) is 9.98. The Morgan fingerprint density at radius 2 is 1.44 bits per heavy atom. The average molecular weight is 489 g/mol. The van der Waals surface area contributed by atoms with Crippen molar-refractivity contribution in [2.24, 2.45) is 5.92 Å². The Balaban J connectivity index is 1.46. The summed E-state index contributed by atoms with van der Waals surface area (Å²) in [6.07, 6.45) is -4.35. The first-order valence-electron chi connectivity index (χ1n) is 10.8. The molecule has 3 aromatic rings. The number of nitrogens with one attached hydrogen (secondary N) is 1. The smallest absolute Gasteiger partial charge is 0.325 e. The molecule has 178 valence electrons. The lowest BCUT2D eigenvalue weighted by atomic mass is 9.96. The van der Waals surface area contributed by atoms with Crippen molar-refractivity contribution in [2.45, 2.75) is 23.9 Å². The Bertz CT molecular complexity index is 1270. The molecule has 1 saturated heterocycles. The van der Waals surface area contributed by atoms with Crippen molar-refractivity contribution < 1.29 is 26.4 Å². The normalized spacial score (nSPS) is 15.7. The van der Waals surface area contributed by atoms with Crippen LogP contribution in [0.5, 0.6) is 0 Å². The zero-order valence-corrected chi connectivity index (χ0v) is 18.9. The number of piperidine rings is 1. The molecule has 1 amide bonds. The SMILES string of the molecule is O=C(Nc1ccccc1-c1ccccc1)C1CCN(S(=O)(=O)c2ccccc2C(F)(F)F)CC1. The number of benzene rings is 3. The summed E-state index contributed by atoms with van der Waals surface area (Å²) in [7, 11) is -4.34. The lowest BCUT2D eigenvalue weighted by molar-refractivity contribution is -0.139. The van der Waals surface area contributed by atoms with E-state index < -0.39 is 32.6 Å². The number of alkyl halides is 3. The highest BCUT2D eigenvalue weighted by molar-refractivity contribution is 7.89. The highest BCUT2D eigenvalue weighted by Crippen LogP contribution is 2.36. The van der Waals surface area contributed by atoms with Gasteiger partial charge in [-0.05, 0) is 36.6 Å². The molecule has 0 atom stereocenters. The Morgan fingerprint density at radius 3 is 2.12 bits per heavy atom. The first-order chi connectivity index (χ1) is 16.2. The van der Waals surface area contributed by atoms with E-state index in [1.54, 1.807) is 6.07 Å². The van der Waals surface area contributed by atoms with Crippen LogP contribution in [0.25, 0.3) is 11.1 Å². The Hall–Kier alpha value is -3.17. The van der Waals surface area contributed by atoms with E-state index in [0.717, 1.165) is 33.6 Å². The van der Waals surface area contributed by atoms with Gasteiger partial charge in [0.1, 0.15) is 0 Å². The molecule has 1 heterocycles. The summed E-state index contributed by atoms with van der Waals surface area (Å²) >= 11 is 0. The standard InChI is InChI=1S/C25H23F3N2O3S/c26-25(27,28)21-11-5-7-13-23(21)34(32,33)30-16-14-19(15-17-30)24(31)29-22-12-6-4-10-20(22)18-8-2-1-3-9-18/h1-13,19H,14-17H2,(H,29,31). The predicted molar refractivity (Wildman–Crippen MR) is 123 cm³/mol. The van der Waals surface area contributed by atoms with Gasteiger partial charge in [-0.1, -0.05) is 60.7 Å². The van der Waals surface area contributed by atoms with Crippen LogP contribution in [0.1, 0.15) is 18.4 Å². The van der Waals surface area contributed by atoms with Crippen LogP contribution in [-0.2, 0) is 21.0 Å². The van der Waals surface area contributed by atoms with Gasteiger partial charge in [0, 0.05) is 30.3 Å². The molecule has 5 nitrogen and oxygen atoms in total. The van der Waals surface area contributed by atoms with Gasteiger partial charge in [-0.3, -0.25) is 4.79 Å². The van der Waals surface area contributed by atoms with Crippen molar-refractivity contribution in [3.8, 4) is 11.1 Å². The molecule has 1 N–H and O–H groups in total. The van der Waals surface area contributed by atoms with E-state index in [1.807, 2.05) is 48.5 Å². The number of sulfonamides is 1. The molecule has 9 heteroatoms. The second-order valence-electron chi connectivity index (χ2n) is 8.07. The fourth-order valence-corrected chi connectivity index (χ4v) is 5.80. The van der Waals surface area contributed by atoms with E-state index in [1.165, 1.54) is 6.07 Å². The number of carbonyl (C=O) groups excluding carboxylic acids is 1. The molecular formula is C25H23F3N2O3S. The lowest BCUT2D eigenvalue weighted by Crippen LogP contribution is -2.41. The van der Waals surface area contributed by atoms with Crippen molar-refractivity contribution in [3.05, 3.63) is 84.4 Å². The van der Waals surface area contributed by atoms with Gasteiger partial charge in [-0.2, -0.15) is 17.5 Å². The number of hydrogen-bond donors (Lipinski definition) is 1. The van der Waals surface area contributed by atoms with Crippen molar-refractivity contribution in [1.82, 2.24) is 4.31 Å². The minimum absolute atomic E-state index is 0.0348. The second kappa shape index (κ2) is 9.60. The summed E-state index contributed by atoms with van der Waals surface area (Å²) in [5, 5.41) is 2.94. The van der Waals surface area contributed by atoms with Crippen LogP contribution in [0.4, 0.5) is 18.9 Å². The quantitative estimate of drug-likeness (QED) is 0.522. The van der Waals surface area contributed by atoms with Gasteiger partial charge in [-0.15, -0.1) is 0 Å². The zero-order chi connectivity index (χ0) is 24.3. The number of carbonyl (C=O) groups is 1. The molecule has 0 aliphatic carbocycles. The monoisotopic (exact) mass is 488 g/mol. The van der Waals surface area contributed by atoms with Gasteiger partial charge in [0.05, 0.1) is 10.5 Å². The van der Waals surface area contributed by atoms with Crippen molar-refractivity contribution in [1.29, 1.82) is 0 Å². The first kappa shape index (κ1) is 24.0. The van der Waals surface area contributed by atoms with Crippen molar-refractivity contribution in [3.63, 3.8) is 0 Å². The molecule has 4 rings (SSSR count). The number of rotatable bonds is 5. The van der Waals surface area contributed by atoms with E-state index in [2.05, 4.69) is 5.32 Å². The maximum absolute atomic E-state index is 13.3. The Morgan fingerprint density at radius 1 is 0.853 bits per heavy atom. The molecule has 0 radical (unpaired) electrons. The topological polar surface area (TPSA) is 66.5 Å². The number of anilines is 1. The molecule has 1 aliphatic rings. The summed E-state index contributed by atoms with van der Waals surface area (Å²) in [5.74, 6) is -0.690. The molecule has 3 aromatic carbocycles. The highest BCUT2D eigenvalue weighted by atomic mass is 32.2. The molecule has 0 aromatic heterocycles. The average Bonchev–Trinajstić information content (AvgIpc) is 2.84. The van der Waals surface area contributed by atoms with E-state index >= 15 is 0 Å². The van der Waals surface area contributed by atoms with Gasteiger partial charge in [0.2, 0.25) is 15.9 Å². The molecule has 0 unspecified atom stereocenters. The molecular weight excluding hydrogens is 465 g/mol. The van der Waals surface area contributed by atoms with Crippen LogP contribution in [0.15, 0.2) is 83.8 Å². The third-order valence-electron chi connectivity index (χ3n) is 5.90. The van der Waals surface area contributed by atoms with Crippen molar-refractivity contribution >= 4 is 21.6 Å². The van der Waals surface area contributed by atoms with Crippen LogP contribution in [0.3, 0.4) is 0 Å². The van der Waals surface area contributed by atoms with Crippen LogP contribution in [-0.4, -0.2) is 31.7 Å². The number of amides is 1. The maximum atomic E-state index is 13.3. The molecule has 0 bridgehead atoms. The van der Waals surface area contributed by atoms with Gasteiger partial charge in [-0.25, -0.2) is 8.42 Å². The molecule has 34 heavy (non-hydrogen) atoms. The van der Waals surface area contributed by atoms with Gasteiger partial charge < -0.3 is 5.32 Å². The first-order valence-corrected chi connectivity index (χ1v) is 12.2. The summed E-state index contributed by atoms with van der Waals surface area (Å²) in [5.41, 5.74) is 1.27. The lowest BCUT2D eigenvalue weighted by Gasteiger charge is -2.31. The van der Waals surface area contributed by atoms with Gasteiger partial charge in [0.25, 0.3) is 0 Å². The molecule has 1 fully saturated rings. The fourth-order valence-electron chi connectivity index (χ4n) is 4.12. The van der Waals surface area contributed by atoms with Crippen molar-refractivity contribution in [2.75, 3.05) is 18.4 Å². The minimum atomic E-state index is -4.78. The Kier molecular flexibility index (Phi) is 6.77. The van der Waals surface area contributed by atoms with Gasteiger partial charge in [0.15, 0.2) is 0 Å². The molecule has 0 saturated carbocycles. The number of hydrogen-bond acceptors (Lipinski definition) is 3. The van der Waals surface area contributed by atoms with E-state index in [4.69, 9.17) is 0 Å². The third kappa shape index (κ3) is 5.00. The summed E-state index contributed by atoms with van der Waals surface area (Å²) in [6, 6.07) is 21.1. The van der Waals surface area contributed by atoms with Crippen LogP contribution >= 0.6 is 0 Å². The largest absolute Gasteiger partial charge is 0.417 e. The minimum Gasteiger partial charge on any atom is -0.325 e. The van der Waals surface area contributed by atoms with E-state index in [9.17, 15) is 26.4 Å². The third-order valence-corrected chi connectivity index (χ3v) is 7.86. The molecule has 1 aliphatic heterocycles. The van der Waals surface area contributed by atoms with Crippen LogP contribution in [0.2, 0.25) is 0 Å². The zero-order valence-electron chi connectivity index (χ0n) is 18.1. The summed E-state index contributed by atoms with van der Waals surface area (Å²) < 4.78 is 66.9. The summed E-state index contributed by atoms with van der Waals surface area (Å²) in [6.45, 7) is -0.0696. The van der Waals surface area contributed by atoms with Gasteiger partial charge >= 0.3 is 6.18 Å². The summed E-state index contributed by atoms with van der Waals surface area (Å²) in [4.78, 5) is 12.2. The van der Waals surface area contributed by atoms with Crippen LogP contribution < -0.4 is 5.32 Å². The molecule has 0 spiro atoms. The van der Waals surface area contributed by atoms with E-state index in [0.29, 0.717) is 5.69 Å². The Labute approximate surface area is 196 Å².